The molecule has 0 radical (unpaired) electrons. The van der Waals surface area contributed by atoms with Crippen molar-refractivity contribution in [3.63, 3.8) is 0 Å². The molecule has 0 atom stereocenters. The number of aromatic nitrogens is 1. The zero-order valence-corrected chi connectivity index (χ0v) is 15.2. The summed E-state index contributed by atoms with van der Waals surface area (Å²) in [5.74, 6) is 0.625. The van der Waals surface area contributed by atoms with Crippen molar-refractivity contribution in [3.05, 3.63) is 59.3 Å². The number of benzene rings is 2. The number of methoxy groups -OCH3 is 1. The van der Waals surface area contributed by atoms with Gasteiger partial charge in [-0.05, 0) is 55.7 Å². The van der Waals surface area contributed by atoms with Crippen LogP contribution in [0.25, 0.3) is 10.9 Å². The number of amides is 1. The first-order valence-electron chi connectivity index (χ1n) is 8.66. The molecule has 0 spiro atoms. The minimum absolute atomic E-state index is 0.0955. The summed E-state index contributed by atoms with van der Waals surface area (Å²) >= 11 is 0. The molecule has 1 amide bonds. The fraction of sp³-hybridized carbons (Fsp3) is 0.286. The summed E-state index contributed by atoms with van der Waals surface area (Å²) in [5.41, 5.74) is 4.85. The van der Waals surface area contributed by atoms with Crippen LogP contribution in [-0.2, 0) is 13.0 Å². The normalized spacial score (nSPS) is 10.9. The average molecular weight is 336 g/mol. The Hall–Kier alpha value is -2.75. The minimum atomic E-state index is -0.0955. The predicted molar refractivity (Wildman–Crippen MR) is 103 cm³/mol. The molecule has 25 heavy (non-hydrogen) atoms. The fourth-order valence-electron chi connectivity index (χ4n) is 3.30. The molecule has 0 aliphatic rings. The first-order valence-corrected chi connectivity index (χ1v) is 8.66. The van der Waals surface area contributed by atoms with Crippen LogP contribution in [-0.4, -0.2) is 17.6 Å². The molecule has 0 bridgehead atoms. The summed E-state index contributed by atoms with van der Waals surface area (Å²) in [5, 5.41) is 4.15. The highest BCUT2D eigenvalue weighted by Gasteiger charge is 2.20. The number of ether oxygens (including phenoxy) is 1. The van der Waals surface area contributed by atoms with Gasteiger partial charge in [0.25, 0.3) is 5.91 Å². The van der Waals surface area contributed by atoms with Gasteiger partial charge in [-0.15, -0.1) is 0 Å². The maximum atomic E-state index is 13.0. The second-order valence-electron chi connectivity index (χ2n) is 6.11. The van der Waals surface area contributed by atoms with Gasteiger partial charge in [0, 0.05) is 29.2 Å². The van der Waals surface area contributed by atoms with E-state index in [1.807, 2.05) is 31.2 Å². The number of nitrogens with one attached hydrogen (secondary N) is 1. The molecule has 1 aromatic heterocycles. The van der Waals surface area contributed by atoms with E-state index in [1.165, 1.54) is 5.56 Å². The van der Waals surface area contributed by atoms with Crippen LogP contribution < -0.4 is 10.1 Å². The van der Waals surface area contributed by atoms with Crippen molar-refractivity contribution in [2.75, 3.05) is 12.4 Å². The van der Waals surface area contributed by atoms with Crippen molar-refractivity contribution in [2.24, 2.45) is 0 Å². The third-order valence-corrected chi connectivity index (χ3v) is 4.65. The van der Waals surface area contributed by atoms with Crippen LogP contribution in [0.2, 0.25) is 0 Å². The summed E-state index contributed by atoms with van der Waals surface area (Å²) in [4.78, 5) is 13.0. The summed E-state index contributed by atoms with van der Waals surface area (Å²) in [7, 11) is 1.62. The zero-order chi connectivity index (χ0) is 18.0. The van der Waals surface area contributed by atoms with Crippen LogP contribution in [0.15, 0.2) is 42.5 Å². The Labute approximate surface area is 148 Å². The van der Waals surface area contributed by atoms with E-state index in [9.17, 15) is 4.79 Å². The van der Waals surface area contributed by atoms with Gasteiger partial charge in [0.1, 0.15) is 11.4 Å². The molecule has 0 aliphatic heterocycles. The van der Waals surface area contributed by atoms with E-state index < -0.39 is 0 Å². The molecule has 0 unspecified atom stereocenters. The maximum Gasteiger partial charge on any atom is 0.272 e. The van der Waals surface area contributed by atoms with Gasteiger partial charge in [-0.2, -0.15) is 0 Å². The molecule has 0 fully saturated rings. The number of carbonyl (C=O) groups is 1. The van der Waals surface area contributed by atoms with Gasteiger partial charge in [-0.3, -0.25) is 4.79 Å². The van der Waals surface area contributed by atoms with E-state index in [4.69, 9.17) is 4.74 Å². The number of fused-ring (bicyclic) bond motifs is 1. The van der Waals surface area contributed by atoms with E-state index in [0.29, 0.717) is 5.69 Å². The van der Waals surface area contributed by atoms with Gasteiger partial charge in [0.05, 0.1) is 7.11 Å². The highest BCUT2D eigenvalue weighted by molar-refractivity contribution is 6.08. The molecule has 4 nitrogen and oxygen atoms in total. The summed E-state index contributed by atoms with van der Waals surface area (Å²) in [6, 6.07) is 13.9. The quantitative estimate of drug-likeness (QED) is 0.728. The molecule has 130 valence electrons. The third-order valence-electron chi connectivity index (χ3n) is 4.65. The topological polar surface area (TPSA) is 43.3 Å². The standard InChI is InChI=1S/C21H24N2O2/c1-5-15-10-11-19-18(12-15)14(3)20(23(19)6-2)21(24)22-16-8-7-9-17(13-16)25-4/h7-13H,5-6H2,1-4H3,(H,22,24). The van der Waals surface area contributed by atoms with Crippen molar-refractivity contribution in [1.82, 2.24) is 4.57 Å². The maximum absolute atomic E-state index is 13.0. The molecule has 3 rings (SSSR count). The van der Waals surface area contributed by atoms with Crippen molar-refractivity contribution in [3.8, 4) is 5.75 Å². The highest BCUT2D eigenvalue weighted by atomic mass is 16.5. The lowest BCUT2D eigenvalue weighted by atomic mass is 10.1. The van der Waals surface area contributed by atoms with E-state index in [-0.39, 0.29) is 5.91 Å². The van der Waals surface area contributed by atoms with Crippen molar-refractivity contribution >= 4 is 22.5 Å². The monoisotopic (exact) mass is 336 g/mol. The largest absolute Gasteiger partial charge is 0.497 e. The van der Waals surface area contributed by atoms with Crippen molar-refractivity contribution in [2.45, 2.75) is 33.7 Å². The summed E-state index contributed by atoms with van der Waals surface area (Å²) in [6.45, 7) is 6.98. The average Bonchev–Trinajstić information content (AvgIpc) is 2.93. The SMILES string of the molecule is CCc1ccc2c(c1)c(C)c(C(=O)Nc1cccc(OC)c1)n2CC. The van der Waals surface area contributed by atoms with Crippen molar-refractivity contribution in [1.29, 1.82) is 0 Å². The molecule has 3 aromatic rings. The lowest BCUT2D eigenvalue weighted by molar-refractivity contribution is 0.101. The van der Waals surface area contributed by atoms with E-state index in [1.54, 1.807) is 7.11 Å². The number of carbonyl (C=O) groups excluding carboxylic acids is 1. The van der Waals surface area contributed by atoms with Crippen LogP contribution in [0.1, 0.15) is 35.5 Å². The lowest BCUT2D eigenvalue weighted by Gasteiger charge is -2.10. The molecule has 1 heterocycles. The fourth-order valence-corrected chi connectivity index (χ4v) is 3.30. The van der Waals surface area contributed by atoms with Gasteiger partial charge in [0.15, 0.2) is 0 Å². The van der Waals surface area contributed by atoms with E-state index in [2.05, 4.69) is 41.9 Å². The van der Waals surface area contributed by atoms with Gasteiger partial charge in [-0.25, -0.2) is 0 Å². The minimum Gasteiger partial charge on any atom is -0.497 e. The van der Waals surface area contributed by atoms with Gasteiger partial charge in [0.2, 0.25) is 0 Å². The van der Waals surface area contributed by atoms with Crippen LogP contribution in [0, 0.1) is 6.92 Å². The number of nitrogens with zero attached hydrogens (tertiary/aromatic N) is 1. The molecule has 2 aromatic carbocycles. The predicted octanol–water partition coefficient (Wildman–Crippen LogP) is 4.79. The third kappa shape index (κ3) is 3.12. The van der Waals surface area contributed by atoms with Gasteiger partial charge in [-0.1, -0.05) is 19.1 Å². The van der Waals surface area contributed by atoms with Crippen LogP contribution >= 0.6 is 0 Å². The number of aryl methyl sites for hydroxylation is 3. The first-order chi connectivity index (χ1) is 12.1. The summed E-state index contributed by atoms with van der Waals surface area (Å²) in [6.07, 6.45) is 0.984. The molecular formula is C21H24N2O2. The Morgan fingerprint density at radius 2 is 1.96 bits per heavy atom. The Bertz CT molecular complexity index is 925. The Kier molecular flexibility index (Phi) is 4.79. The molecule has 0 saturated heterocycles. The Morgan fingerprint density at radius 1 is 1.16 bits per heavy atom. The first kappa shape index (κ1) is 17.1. The van der Waals surface area contributed by atoms with Crippen LogP contribution in [0.4, 0.5) is 5.69 Å². The Balaban J connectivity index is 2.04. The number of anilines is 1. The lowest BCUT2D eigenvalue weighted by Crippen LogP contribution is -2.17. The van der Waals surface area contributed by atoms with Gasteiger partial charge >= 0.3 is 0 Å². The Morgan fingerprint density at radius 3 is 2.64 bits per heavy atom. The number of hydrogen-bond donors (Lipinski definition) is 1. The molecular weight excluding hydrogens is 312 g/mol. The smallest absolute Gasteiger partial charge is 0.272 e. The van der Waals surface area contributed by atoms with Crippen molar-refractivity contribution < 1.29 is 9.53 Å². The number of rotatable bonds is 5. The second-order valence-corrected chi connectivity index (χ2v) is 6.11. The van der Waals surface area contributed by atoms with E-state index >= 15 is 0 Å². The highest BCUT2D eigenvalue weighted by Crippen LogP contribution is 2.28. The molecule has 0 saturated carbocycles. The molecule has 0 aliphatic carbocycles. The molecule has 1 N–H and O–H groups in total. The number of hydrogen-bond acceptors (Lipinski definition) is 2. The molecule has 4 heteroatoms. The zero-order valence-electron chi connectivity index (χ0n) is 15.2. The van der Waals surface area contributed by atoms with E-state index in [0.717, 1.165) is 40.9 Å². The van der Waals surface area contributed by atoms with Gasteiger partial charge < -0.3 is 14.6 Å². The van der Waals surface area contributed by atoms with Crippen LogP contribution in [0.3, 0.4) is 0 Å². The second kappa shape index (κ2) is 7.01. The summed E-state index contributed by atoms with van der Waals surface area (Å²) < 4.78 is 7.31. The van der Waals surface area contributed by atoms with Crippen LogP contribution in [0.5, 0.6) is 5.75 Å².